The Morgan fingerprint density at radius 1 is 1.35 bits per heavy atom. The number of halogens is 4. The first kappa shape index (κ1) is 14.2. The van der Waals surface area contributed by atoms with Crippen LogP contribution < -0.4 is 0 Å². The average Bonchev–Trinajstić information content (AvgIpc) is 2.77. The number of hydrogen-bond acceptors (Lipinski definition) is 1. The third-order valence-corrected chi connectivity index (χ3v) is 3.43. The molecular formula is C11H10Cl2F2O2. The van der Waals surface area contributed by atoms with Crippen molar-refractivity contribution in [3.05, 3.63) is 36.0 Å². The molecule has 0 heterocycles. The van der Waals surface area contributed by atoms with Crippen molar-refractivity contribution in [2.75, 3.05) is 0 Å². The molecule has 1 aliphatic carbocycles. The summed E-state index contributed by atoms with van der Waals surface area (Å²) >= 11 is 11.5. The normalized spacial score (nSPS) is 27.8. The molecule has 1 N–H and O–H groups in total. The van der Waals surface area contributed by atoms with Crippen LogP contribution in [0.3, 0.4) is 0 Å². The number of rotatable bonds is 4. The third-order valence-electron chi connectivity index (χ3n) is 2.49. The van der Waals surface area contributed by atoms with E-state index < -0.39 is 33.8 Å². The van der Waals surface area contributed by atoms with Crippen LogP contribution >= 0.6 is 23.2 Å². The molecule has 1 aliphatic rings. The summed E-state index contributed by atoms with van der Waals surface area (Å²) in [5.74, 6) is -4.82. The lowest BCUT2D eigenvalue weighted by atomic mass is 10.1. The molecule has 94 valence electrons. The van der Waals surface area contributed by atoms with E-state index in [2.05, 4.69) is 6.58 Å². The molecule has 0 amide bonds. The molecule has 0 aromatic carbocycles. The lowest BCUT2D eigenvalue weighted by Crippen LogP contribution is -2.03. The zero-order valence-electron chi connectivity index (χ0n) is 8.88. The van der Waals surface area contributed by atoms with Gasteiger partial charge in [-0.1, -0.05) is 35.9 Å². The molecule has 0 saturated heterocycles. The fraction of sp³-hybridized carbons (Fsp3) is 0.364. The minimum absolute atomic E-state index is 0.249. The number of hydrogen-bond donors (Lipinski definition) is 1. The summed E-state index contributed by atoms with van der Waals surface area (Å²) in [6, 6.07) is 0. The Labute approximate surface area is 107 Å². The van der Waals surface area contributed by atoms with Crippen LogP contribution in [0, 0.1) is 11.8 Å². The predicted molar refractivity (Wildman–Crippen MR) is 62.2 cm³/mol. The van der Waals surface area contributed by atoms with Crippen LogP contribution in [0.4, 0.5) is 8.78 Å². The molecule has 2 atom stereocenters. The number of allylic oxidation sites excluding steroid dienone is 5. The minimum atomic E-state index is -1.43. The van der Waals surface area contributed by atoms with Gasteiger partial charge in [0.2, 0.25) is 0 Å². The highest BCUT2D eigenvalue weighted by Crippen LogP contribution is 2.62. The van der Waals surface area contributed by atoms with Gasteiger partial charge in [0.15, 0.2) is 5.83 Å². The zero-order chi connectivity index (χ0) is 13.4. The van der Waals surface area contributed by atoms with Crippen molar-refractivity contribution in [1.29, 1.82) is 0 Å². The highest BCUT2D eigenvalue weighted by Gasteiger charge is 2.68. The quantitative estimate of drug-likeness (QED) is 0.629. The molecule has 0 aliphatic heterocycles. The molecule has 0 radical (unpaired) electrons. The Balaban J connectivity index is 2.76. The topological polar surface area (TPSA) is 37.3 Å². The molecule has 0 bridgehead atoms. The average molecular weight is 283 g/mol. The van der Waals surface area contributed by atoms with E-state index in [-0.39, 0.29) is 5.57 Å². The van der Waals surface area contributed by atoms with Crippen LogP contribution in [0.2, 0.25) is 0 Å². The van der Waals surface area contributed by atoms with E-state index in [0.717, 1.165) is 13.0 Å². The van der Waals surface area contributed by atoms with E-state index in [1.165, 1.54) is 6.08 Å². The smallest absolute Gasteiger partial charge is 0.310 e. The molecule has 6 heteroatoms. The van der Waals surface area contributed by atoms with Gasteiger partial charge in [-0.15, -0.1) is 0 Å². The number of alkyl halides is 2. The molecule has 1 rings (SSSR count). The summed E-state index contributed by atoms with van der Waals surface area (Å²) in [6.45, 7) is 4.51. The van der Waals surface area contributed by atoms with Crippen molar-refractivity contribution in [2.45, 2.75) is 11.3 Å². The predicted octanol–water partition coefficient (Wildman–Crippen LogP) is 3.77. The van der Waals surface area contributed by atoms with Crippen LogP contribution in [0.1, 0.15) is 6.92 Å². The number of carbonyl (C=O) groups is 1. The van der Waals surface area contributed by atoms with Gasteiger partial charge < -0.3 is 5.11 Å². The van der Waals surface area contributed by atoms with Crippen molar-refractivity contribution in [3.8, 4) is 0 Å². The van der Waals surface area contributed by atoms with Crippen molar-refractivity contribution in [2.24, 2.45) is 11.8 Å². The van der Waals surface area contributed by atoms with Crippen LogP contribution in [0.25, 0.3) is 0 Å². The van der Waals surface area contributed by atoms with Crippen molar-refractivity contribution in [1.82, 2.24) is 0 Å². The maximum atomic E-state index is 12.8. The second-order valence-corrected chi connectivity index (χ2v) is 5.20. The van der Waals surface area contributed by atoms with E-state index in [1.54, 1.807) is 0 Å². The first-order valence-electron chi connectivity index (χ1n) is 4.69. The minimum Gasteiger partial charge on any atom is -0.481 e. The van der Waals surface area contributed by atoms with Gasteiger partial charge in [-0.3, -0.25) is 4.79 Å². The van der Waals surface area contributed by atoms with Gasteiger partial charge in [0.05, 0.1) is 5.92 Å². The van der Waals surface area contributed by atoms with Gasteiger partial charge in [0.25, 0.3) is 0 Å². The Morgan fingerprint density at radius 3 is 2.24 bits per heavy atom. The largest absolute Gasteiger partial charge is 0.481 e. The fourth-order valence-electron chi connectivity index (χ4n) is 1.49. The van der Waals surface area contributed by atoms with Crippen molar-refractivity contribution in [3.63, 3.8) is 0 Å². The molecule has 1 fully saturated rings. The maximum absolute atomic E-state index is 12.8. The Bertz CT molecular complexity index is 423. The van der Waals surface area contributed by atoms with Crippen LogP contribution in [-0.2, 0) is 4.79 Å². The summed E-state index contributed by atoms with van der Waals surface area (Å²) in [6.07, 6.45) is 2.03. The Hall–Kier alpha value is -0.870. The van der Waals surface area contributed by atoms with E-state index in [0.29, 0.717) is 0 Å². The number of aliphatic carboxylic acids is 1. The van der Waals surface area contributed by atoms with Crippen LogP contribution in [0.15, 0.2) is 36.0 Å². The zero-order valence-corrected chi connectivity index (χ0v) is 10.4. The molecule has 2 nitrogen and oxygen atoms in total. The number of carboxylic acid groups (broad SMARTS) is 1. The van der Waals surface area contributed by atoms with Gasteiger partial charge in [-0.25, -0.2) is 8.78 Å². The monoisotopic (exact) mass is 282 g/mol. The first-order chi connectivity index (χ1) is 7.69. The van der Waals surface area contributed by atoms with Crippen LogP contribution in [0.5, 0.6) is 0 Å². The SMILES string of the molecule is C=C(/C=C\C(F)=C(/C)F)[C@@H]1[C@@H](C(=O)O)C1(Cl)Cl. The lowest BCUT2D eigenvalue weighted by Gasteiger charge is -1.97. The Kier molecular flexibility index (Phi) is 3.99. The highest BCUT2D eigenvalue weighted by molar-refractivity contribution is 6.53. The molecule has 0 aromatic rings. The summed E-state index contributed by atoms with van der Waals surface area (Å²) in [7, 11) is 0. The van der Waals surface area contributed by atoms with Crippen molar-refractivity contribution < 1.29 is 18.7 Å². The fourth-order valence-corrected chi connectivity index (χ4v) is 2.34. The van der Waals surface area contributed by atoms with Gasteiger partial charge in [-0.2, -0.15) is 0 Å². The summed E-state index contributed by atoms with van der Waals surface area (Å²) in [5.41, 5.74) is 0.249. The van der Waals surface area contributed by atoms with E-state index >= 15 is 0 Å². The maximum Gasteiger partial charge on any atom is 0.310 e. The van der Waals surface area contributed by atoms with Gasteiger partial charge in [-0.05, 0) is 18.6 Å². The van der Waals surface area contributed by atoms with Gasteiger partial charge in [0.1, 0.15) is 10.2 Å². The van der Waals surface area contributed by atoms with E-state index in [4.69, 9.17) is 28.3 Å². The standard InChI is InChI=1S/C11H10Cl2F2O2/c1-5(3-4-7(15)6(2)14)8-9(10(16)17)11(8,12)13/h3-4,8-9H,1H2,2H3,(H,16,17)/b4-3-,7-6-/t8-,9+/m1/s1. The molecule has 0 aromatic heterocycles. The summed E-state index contributed by atoms with van der Waals surface area (Å²) < 4.78 is 23.8. The third kappa shape index (κ3) is 2.87. The summed E-state index contributed by atoms with van der Waals surface area (Å²) in [5, 5.41) is 8.80. The summed E-state index contributed by atoms with van der Waals surface area (Å²) in [4.78, 5) is 10.8. The molecule has 0 unspecified atom stereocenters. The van der Waals surface area contributed by atoms with Crippen LogP contribution in [-0.4, -0.2) is 15.4 Å². The van der Waals surface area contributed by atoms with Crippen molar-refractivity contribution >= 4 is 29.2 Å². The molecule has 1 saturated carbocycles. The van der Waals surface area contributed by atoms with Gasteiger partial charge >= 0.3 is 5.97 Å². The number of carboxylic acids is 1. The molecular weight excluding hydrogens is 273 g/mol. The molecule has 0 spiro atoms. The molecule has 17 heavy (non-hydrogen) atoms. The van der Waals surface area contributed by atoms with Gasteiger partial charge in [0, 0.05) is 5.92 Å². The second-order valence-electron chi connectivity index (χ2n) is 3.76. The van der Waals surface area contributed by atoms with E-state index in [9.17, 15) is 13.6 Å². The lowest BCUT2D eigenvalue weighted by molar-refractivity contribution is -0.138. The Morgan fingerprint density at radius 2 is 1.88 bits per heavy atom. The first-order valence-corrected chi connectivity index (χ1v) is 5.44. The highest BCUT2D eigenvalue weighted by atomic mass is 35.5. The van der Waals surface area contributed by atoms with E-state index in [1.807, 2.05) is 0 Å². The second kappa shape index (κ2) is 4.78.